The van der Waals surface area contributed by atoms with Crippen LogP contribution >= 0.6 is 0 Å². The molecule has 0 bridgehead atoms. The number of nitrogens with zero attached hydrogens (tertiary/aromatic N) is 1. The maximum atomic E-state index is 13.3. The fraction of sp³-hybridized carbons (Fsp3) is 0.417. The zero-order valence-corrected chi connectivity index (χ0v) is 11.1. The molecule has 0 radical (unpaired) electrons. The van der Waals surface area contributed by atoms with Gasteiger partial charge < -0.3 is 0 Å². The summed E-state index contributed by atoms with van der Waals surface area (Å²) in [5, 5.41) is 0. The first-order valence-corrected chi connectivity index (χ1v) is 6.36. The highest BCUT2D eigenvalue weighted by Crippen LogP contribution is 2.21. The highest BCUT2D eigenvalue weighted by Gasteiger charge is 2.18. The minimum absolute atomic E-state index is 0.0922. The maximum Gasteiger partial charge on any atom is 0.263 e. The molecule has 0 aliphatic carbocycles. The first-order chi connectivity index (χ1) is 8.21. The highest BCUT2D eigenvalue weighted by molar-refractivity contribution is 7.85. The van der Waals surface area contributed by atoms with E-state index in [1.165, 1.54) is 0 Å². The van der Waals surface area contributed by atoms with Crippen LogP contribution in [0.5, 0.6) is 0 Å². The Kier molecular flexibility index (Phi) is 4.67. The van der Waals surface area contributed by atoms with Crippen molar-refractivity contribution in [2.45, 2.75) is 31.9 Å². The van der Waals surface area contributed by atoms with Crippen molar-refractivity contribution in [2.24, 2.45) is 4.40 Å². The van der Waals surface area contributed by atoms with E-state index in [2.05, 4.69) is 4.40 Å². The predicted octanol–water partition coefficient (Wildman–Crippen LogP) is 3.64. The molecule has 0 amide bonds. The van der Waals surface area contributed by atoms with Crippen molar-refractivity contribution in [1.82, 2.24) is 0 Å². The summed E-state index contributed by atoms with van der Waals surface area (Å²) in [5.74, 6) is -0.672. The molecule has 0 saturated heterocycles. The molecular formula is C12H14F3NOS. The van der Waals surface area contributed by atoms with Gasteiger partial charge in [0.15, 0.2) is 0 Å². The van der Waals surface area contributed by atoms with Crippen LogP contribution in [0, 0.1) is 5.82 Å². The van der Waals surface area contributed by atoms with Crippen LogP contribution in [0.1, 0.15) is 38.3 Å². The molecule has 1 atom stereocenters. The van der Waals surface area contributed by atoms with Crippen LogP contribution in [0.15, 0.2) is 22.6 Å². The zero-order chi connectivity index (χ0) is 13.9. The normalized spacial score (nSPS) is 14.4. The standard InChI is InChI=1S/C12H14F3NOS/c1-12(2,3)18(17)16-7-9-6-8(11(14)15)4-5-10(9)13/h4-7,11H,1-3H3/t18-/m1/s1. The van der Waals surface area contributed by atoms with E-state index < -0.39 is 28.0 Å². The Morgan fingerprint density at radius 3 is 2.44 bits per heavy atom. The highest BCUT2D eigenvalue weighted by atomic mass is 32.2. The van der Waals surface area contributed by atoms with Crippen molar-refractivity contribution in [2.75, 3.05) is 0 Å². The molecule has 1 rings (SSSR count). The van der Waals surface area contributed by atoms with Crippen LogP contribution in [0.25, 0.3) is 0 Å². The fourth-order valence-electron chi connectivity index (χ4n) is 1.06. The van der Waals surface area contributed by atoms with Crippen LogP contribution in [-0.2, 0) is 11.0 Å². The number of rotatable bonds is 3. The SMILES string of the molecule is CC(C)(C)[S@@](=O)N=Cc1cc(C(F)F)ccc1F. The van der Waals surface area contributed by atoms with E-state index in [1.807, 2.05) is 0 Å². The Hall–Kier alpha value is -1.17. The number of hydrogen-bond donors (Lipinski definition) is 0. The van der Waals surface area contributed by atoms with Gasteiger partial charge in [-0.25, -0.2) is 17.4 Å². The van der Waals surface area contributed by atoms with Gasteiger partial charge in [-0.3, -0.25) is 0 Å². The molecule has 0 N–H and O–H groups in total. The van der Waals surface area contributed by atoms with E-state index in [0.717, 1.165) is 24.4 Å². The third-order valence-electron chi connectivity index (χ3n) is 2.08. The van der Waals surface area contributed by atoms with Crippen molar-refractivity contribution in [1.29, 1.82) is 0 Å². The molecule has 0 aliphatic heterocycles. The molecule has 100 valence electrons. The number of alkyl halides is 2. The molecule has 0 saturated carbocycles. The smallest absolute Gasteiger partial charge is 0.234 e. The van der Waals surface area contributed by atoms with Gasteiger partial charge in [0.05, 0.1) is 4.75 Å². The van der Waals surface area contributed by atoms with Gasteiger partial charge in [-0.05, 0) is 32.9 Å². The summed E-state index contributed by atoms with van der Waals surface area (Å²) in [4.78, 5) is 0. The van der Waals surface area contributed by atoms with Crippen LogP contribution in [0.2, 0.25) is 0 Å². The van der Waals surface area contributed by atoms with Crippen LogP contribution < -0.4 is 0 Å². The molecule has 18 heavy (non-hydrogen) atoms. The summed E-state index contributed by atoms with van der Waals surface area (Å²) >= 11 is 0. The van der Waals surface area contributed by atoms with Crippen LogP contribution in [-0.4, -0.2) is 15.2 Å². The summed E-state index contributed by atoms with van der Waals surface area (Å²) in [6, 6.07) is 2.96. The van der Waals surface area contributed by atoms with Crippen LogP contribution in [0.3, 0.4) is 0 Å². The van der Waals surface area contributed by atoms with Crippen molar-refractivity contribution in [3.05, 3.63) is 35.1 Å². The van der Waals surface area contributed by atoms with Gasteiger partial charge >= 0.3 is 0 Å². The van der Waals surface area contributed by atoms with Gasteiger partial charge in [-0.2, -0.15) is 4.40 Å². The Morgan fingerprint density at radius 2 is 1.94 bits per heavy atom. The lowest BCUT2D eigenvalue weighted by Gasteiger charge is -2.12. The van der Waals surface area contributed by atoms with E-state index in [9.17, 15) is 17.4 Å². The van der Waals surface area contributed by atoms with Crippen molar-refractivity contribution >= 4 is 17.2 Å². The Bertz CT molecular complexity index is 481. The average Bonchev–Trinajstić information content (AvgIpc) is 2.25. The Labute approximate surface area is 107 Å². The van der Waals surface area contributed by atoms with Crippen LogP contribution in [0.4, 0.5) is 13.2 Å². The summed E-state index contributed by atoms with van der Waals surface area (Å²) in [6.45, 7) is 5.14. The third-order valence-corrected chi connectivity index (χ3v) is 3.43. The second kappa shape index (κ2) is 5.65. The van der Waals surface area contributed by atoms with E-state index in [1.54, 1.807) is 20.8 Å². The summed E-state index contributed by atoms with van der Waals surface area (Å²) in [7, 11) is -1.55. The molecule has 1 aromatic carbocycles. The first kappa shape index (κ1) is 14.9. The molecular weight excluding hydrogens is 263 g/mol. The van der Waals surface area contributed by atoms with E-state index >= 15 is 0 Å². The zero-order valence-electron chi connectivity index (χ0n) is 10.3. The maximum absolute atomic E-state index is 13.3. The van der Waals surface area contributed by atoms with Crippen molar-refractivity contribution < 1.29 is 17.4 Å². The van der Waals surface area contributed by atoms with E-state index in [0.29, 0.717) is 0 Å². The molecule has 0 unspecified atom stereocenters. The molecule has 1 aromatic rings. The second-order valence-corrected chi connectivity index (χ2v) is 6.61. The average molecular weight is 277 g/mol. The topological polar surface area (TPSA) is 29.4 Å². The molecule has 0 aromatic heterocycles. The van der Waals surface area contributed by atoms with Gasteiger partial charge in [0.1, 0.15) is 16.8 Å². The number of benzene rings is 1. The lowest BCUT2D eigenvalue weighted by Crippen LogP contribution is -2.19. The van der Waals surface area contributed by atoms with Gasteiger partial charge in [0.25, 0.3) is 6.43 Å². The third kappa shape index (κ3) is 3.94. The minimum Gasteiger partial charge on any atom is -0.234 e. The van der Waals surface area contributed by atoms with Gasteiger partial charge in [-0.1, -0.05) is 6.07 Å². The summed E-state index contributed by atoms with van der Waals surface area (Å²) in [6.07, 6.45) is -1.64. The molecule has 0 heterocycles. The quantitative estimate of drug-likeness (QED) is 0.775. The first-order valence-electron chi connectivity index (χ1n) is 5.25. The molecule has 0 spiro atoms. The van der Waals surface area contributed by atoms with Crippen molar-refractivity contribution in [3.63, 3.8) is 0 Å². The van der Waals surface area contributed by atoms with Crippen molar-refractivity contribution in [3.8, 4) is 0 Å². The number of hydrogen-bond acceptors (Lipinski definition) is 1. The van der Waals surface area contributed by atoms with E-state index in [-0.39, 0.29) is 11.1 Å². The predicted molar refractivity (Wildman–Crippen MR) is 66.8 cm³/mol. The largest absolute Gasteiger partial charge is 0.263 e. The molecule has 0 fully saturated rings. The summed E-state index contributed by atoms with van der Waals surface area (Å²) < 4.78 is 52.9. The Morgan fingerprint density at radius 1 is 1.33 bits per heavy atom. The lowest BCUT2D eigenvalue weighted by atomic mass is 10.1. The van der Waals surface area contributed by atoms with Gasteiger partial charge in [0.2, 0.25) is 0 Å². The fourth-order valence-corrected chi connectivity index (χ4v) is 1.59. The molecule has 2 nitrogen and oxygen atoms in total. The van der Waals surface area contributed by atoms with Gasteiger partial charge in [0, 0.05) is 17.3 Å². The van der Waals surface area contributed by atoms with Gasteiger partial charge in [-0.15, -0.1) is 0 Å². The number of halogens is 3. The molecule has 6 heteroatoms. The molecule has 0 aliphatic rings. The van der Waals surface area contributed by atoms with E-state index in [4.69, 9.17) is 0 Å². The monoisotopic (exact) mass is 277 g/mol. The lowest BCUT2D eigenvalue weighted by molar-refractivity contribution is 0.151. The minimum atomic E-state index is -2.68. The Balaban J connectivity index is 3.00. The summed E-state index contributed by atoms with van der Waals surface area (Å²) in [5.41, 5.74) is -0.384. The second-order valence-electron chi connectivity index (χ2n) is 4.68.